The number of urea groups is 1. The van der Waals surface area contributed by atoms with E-state index < -0.39 is 6.03 Å². The molecule has 3 heterocycles. The lowest BCUT2D eigenvalue weighted by Crippen LogP contribution is -2.49. The molecule has 8 nitrogen and oxygen atoms in total. The highest BCUT2D eigenvalue weighted by Gasteiger charge is 2.41. The molecule has 28 heavy (non-hydrogen) atoms. The van der Waals surface area contributed by atoms with Crippen LogP contribution in [-0.4, -0.2) is 47.3 Å². The van der Waals surface area contributed by atoms with E-state index in [9.17, 15) is 9.59 Å². The van der Waals surface area contributed by atoms with Gasteiger partial charge < -0.3 is 9.47 Å². The number of amides is 3. The van der Waals surface area contributed by atoms with E-state index in [0.717, 1.165) is 36.6 Å². The van der Waals surface area contributed by atoms with Crippen LogP contribution in [-0.2, 0) is 21.3 Å². The molecule has 3 aliphatic rings. The van der Waals surface area contributed by atoms with E-state index in [2.05, 4.69) is 16.5 Å². The third-order valence-electron chi connectivity index (χ3n) is 6.19. The van der Waals surface area contributed by atoms with Crippen LogP contribution in [0, 0.1) is 0 Å². The monoisotopic (exact) mass is 384 g/mol. The Kier molecular flexibility index (Phi) is 4.13. The molecule has 1 aromatic carbocycles. The molecule has 1 aromatic heterocycles. The molecule has 8 heteroatoms. The average molecular weight is 384 g/mol. The third kappa shape index (κ3) is 2.79. The number of hydrogen-bond acceptors (Lipinski definition) is 5. The number of rotatable bonds is 2. The Morgan fingerprint density at radius 1 is 1.18 bits per heavy atom. The molecule has 1 N–H and O–H groups in total. The second kappa shape index (κ2) is 6.56. The lowest BCUT2D eigenvalue weighted by Gasteiger charge is -2.35. The number of anilines is 1. The number of imide groups is 1. The van der Waals surface area contributed by atoms with Crippen molar-refractivity contribution in [3.05, 3.63) is 23.8 Å². The number of aryl methyl sites for hydroxylation is 1. The zero-order valence-corrected chi connectivity index (χ0v) is 15.9. The van der Waals surface area contributed by atoms with Crippen LogP contribution in [0.3, 0.4) is 0 Å². The van der Waals surface area contributed by atoms with Gasteiger partial charge in [0.05, 0.1) is 18.7 Å². The van der Waals surface area contributed by atoms with Crippen molar-refractivity contribution in [1.29, 1.82) is 0 Å². The summed E-state index contributed by atoms with van der Waals surface area (Å²) in [5.74, 6) is 0.399. The van der Waals surface area contributed by atoms with E-state index in [-0.39, 0.29) is 18.1 Å². The quantitative estimate of drug-likeness (QED) is 0.859. The summed E-state index contributed by atoms with van der Waals surface area (Å²) in [6.07, 6.45) is 4.08. The number of para-hydroxylation sites is 1. The Bertz CT molecular complexity index is 937. The van der Waals surface area contributed by atoms with Crippen molar-refractivity contribution in [1.82, 2.24) is 15.1 Å². The molecule has 0 radical (unpaired) electrons. The first-order valence-electron chi connectivity index (χ1n) is 9.91. The van der Waals surface area contributed by atoms with Gasteiger partial charge in [-0.2, -0.15) is 5.10 Å². The topological polar surface area (TPSA) is 85.7 Å². The molecule has 5 rings (SSSR count). The Labute approximate surface area is 162 Å². The van der Waals surface area contributed by atoms with Crippen LogP contribution in [0.1, 0.15) is 43.6 Å². The summed E-state index contributed by atoms with van der Waals surface area (Å²) in [7, 11) is 1.91. The number of ether oxygens (including phenoxy) is 2. The van der Waals surface area contributed by atoms with Crippen molar-refractivity contribution >= 4 is 28.7 Å². The summed E-state index contributed by atoms with van der Waals surface area (Å²) in [6, 6.07) is 5.78. The van der Waals surface area contributed by atoms with Gasteiger partial charge in [0.1, 0.15) is 0 Å². The van der Waals surface area contributed by atoms with Gasteiger partial charge in [-0.25, -0.2) is 4.79 Å². The zero-order chi connectivity index (χ0) is 19.3. The van der Waals surface area contributed by atoms with E-state index in [0.29, 0.717) is 31.5 Å². The van der Waals surface area contributed by atoms with Crippen molar-refractivity contribution in [3.8, 4) is 0 Å². The van der Waals surface area contributed by atoms with Gasteiger partial charge in [-0.1, -0.05) is 12.1 Å². The Balaban J connectivity index is 1.47. The number of aromatic nitrogens is 2. The van der Waals surface area contributed by atoms with Gasteiger partial charge in [0.25, 0.3) is 0 Å². The zero-order valence-electron chi connectivity index (χ0n) is 15.9. The minimum absolute atomic E-state index is 0.241. The molecule has 1 saturated carbocycles. The minimum Gasteiger partial charge on any atom is -0.348 e. The molecule has 3 fully saturated rings. The number of fused-ring (bicyclic) bond motifs is 1. The number of nitrogens with zero attached hydrogens (tertiary/aromatic N) is 3. The van der Waals surface area contributed by atoms with Gasteiger partial charge in [0.2, 0.25) is 5.91 Å². The van der Waals surface area contributed by atoms with Gasteiger partial charge in [0, 0.05) is 38.2 Å². The van der Waals surface area contributed by atoms with Crippen LogP contribution in [0.15, 0.2) is 18.2 Å². The molecule has 1 aliphatic carbocycles. The molecule has 0 atom stereocenters. The normalized spacial score (nSPS) is 23.0. The van der Waals surface area contributed by atoms with Crippen molar-refractivity contribution in [2.24, 2.45) is 7.05 Å². The SMILES string of the molecule is Cn1nc(N2CCC(=O)NC2=O)c2cccc(C3CCC4(CC3)OCCO4)c21. The highest BCUT2D eigenvalue weighted by Crippen LogP contribution is 2.44. The van der Waals surface area contributed by atoms with Gasteiger partial charge in [-0.3, -0.25) is 19.7 Å². The number of nitrogens with one attached hydrogen (secondary N) is 1. The van der Waals surface area contributed by atoms with Crippen molar-refractivity contribution in [2.75, 3.05) is 24.7 Å². The fraction of sp³-hybridized carbons (Fsp3) is 0.550. The van der Waals surface area contributed by atoms with Crippen molar-refractivity contribution in [3.63, 3.8) is 0 Å². The van der Waals surface area contributed by atoms with Crippen molar-refractivity contribution in [2.45, 2.75) is 43.8 Å². The predicted octanol–water partition coefficient (Wildman–Crippen LogP) is 2.42. The molecule has 0 unspecified atom stereocenters. The largest absolute Gasteiger partial charge is 0.348 e. The Morgan fingerprint density at radius 2 is 1.93 bits per heavy atom. The van der Waals surface area contributed by atoms with E-state index in [1.807, 2.05) is 23.9 Å². The van der Waals surface area contributed by atoms with Gasteiger partial charge >= 0.3 is 6.03 Å². The first kappa shape index (κ1) is 17.6. The van der Waals surface area contributed by atoms with E-state index >= 15 is 0 Å². The van der Waals surface area contributed by atoms with Gasteiger partial charge in [-0.15, -0.1) is 0 Å². The molecule has 1 spiro atoms. The lowest BCUT2D eigenvalue weighted by atomic mass is 9.80. The molecule has 3 amide bonds. The number of carbonyl (C=O) groups is 2. The van der Waals surface area contributed by atoms with Gasteiger partial charge in [-0.05, 0) is 30.4 Å². The summed E-state index contributed by atoms with van der Waals surface area (Å²) >= 11 is 0. The molecule has 2 saturated heterocycles. The number of carbonyl (C=O) groups excluding carboxylic acids is 2. The summed E-state index contributed by atoms with van der Waals surface area (Å²) in [5, 5.41) is 7.96. The lowest BCUT2D eigenvalue weighted by molar-refractivity contribution is -0.178. The van der Waals surface area contributed by atoms with Crippen LogP contribution in [0.2, 0.25) is 0 Å². The highest BCUT2D eigenvalue weighted by atomic mass is 16.7. The maximum atomic E-state index is 12.3. The minimum atomic E-state index is -0.406. The van der Waals surface area contributed by atoms with Crippen LogP contribution in [0.5, 0.6) is 0 Å². The average Bonchev–Trinajstić information content (AvgIpc) is 3.28. The van der Waals surface area contributed by atoms with Crippen LogP contribution >= 0.6 is 0 Å². The molecule has 2 aliphatic heterocycles. The molecule has 2 aromatic rings. The number of benzene rings is 1. The van der Waals surface area contributed by atoms with Crippen molar-refractivity contribution < 1.29 is 19.1 Å². The van der Waals surface area contributed by atoms with Crippen LogP contribution < -0.4 is 10.2 Å². The summed E-state index contributed by atoms with van der Waals surface area (Å²) in [5.41, 5.74) is 2.30. The van der Waals surface area contributed by atoms with Crippen LogP contribution in [0.25, 0.3) is 10.9 Å². The van der Waals surface area contributed by atoms with E-state index in [1.54, 1.807) is 4.90 Å². The Hall–Kier alpha value is -2.45. The highest BCUT2D eigenvalue weighted by molar-refractivity contribution is 6.09. The first-order chi connectivity index (χ1) is 13.6. The maximum Gasteiger partial charge on any atom is 0.329 e. The van der Waals surface area contributed by atoms with E-state index in [4.69, 9.17) is 9.47 Å². The first-order valence-corrected chi connectivity index (χ1v) is 9.91. The second-order valence-electron chi connectivity index (χ2n) is 7.83. The maximum absolute atomic E-state index is 12.3. The number of hydrogen-bond donors (Lipinski definition) is 1. The predicted molar refractivity (Wildman–Crippen MR) is 102 cm³/mol. The van der Waals surface area contributed by atoms with Gasteiger partial charge in [0.15, 0.2) is 11.6 Å². The third-order valence-corrected chi connectivity index (χ3v) is 6.19. The molecular formula is C20H24N4O4. The summed E-state index contributed by atoms with van der Waals surface area (Å²) in [4.78, 5) is 25.3. The smallest absolute Gasteiger partial charge is 0.329 e. The van der Waals surface area contributed by atoms with E-state index in [1.165, 1.54) is 5.56 Å². The summed E-state index contributed by atoms with van der Waals surface area (Å²) in [6.45, 7) is 1.72. The fourth-order valence-electron chi connectivity index (χ4n) is 4.80. The standard InChI is InChI=1S/C20H24N4O4/c1-23-17-14(13-5-8-20(9-6-13)27-11-12-28-20)3-2-4-15(17)18(22-23)24-10-7-16(25)21-19(24)26/h2-4,13H,5-12H2,1H3,(H,21,25,26). The summed E-state index contributed by atoms with van der Waals surface area (Å²) < 4.78 is 13.6. The van der Waals surface area contributed by atoms with Crippen LogP contribution in [0.4, 0.5) is 10.6 Å². The fourth-order valence-corrected chi connectivity index (χ4v) is 4.80. The molecule has 148 valence electrons. The molecular weight excluding hydrogens is 360 g/mol. The Morgan fingerprint density at radius 3 is 2.64 bits per heavy atom. The second-order valence-corrected chi connectivity index (χ2v) is 7.83. The molecule has 0 bridgehead atoms.